The number of thiol groups is 1. The molecule has 1 aliphatic rings. The number of hydroxylamine groups is 1. The summed E-state index contributed by atoms with van der Waals surface area (Å²) < 4.78 is 1.44. The Hall–Kier alpha value is -0.410. The molecule has 0 spiro atoms. The van der Waals surface area contributed by atoms with Crippen LogP contribution in [-0.4, -0.2) is 11.0 Å². The van der Waals surface area contributed by atoms with Crippen LogP contribution in [-0.2, 0) is 4.84 Å². The molecule has 0 atom stereocenters. The van der Waals surface area contributed by atoms with Crippen LogP contribution in [0.2, 0.25) is 0 Å². The van der Waals surface area contributed by atoms with Crippen LogP contribution >= 0.6 is 12.8 Å². The lowest BCUT2D eigenvalue weighted by Gasteiger charge is -2.07. The second-order valence-electron chi connectivity index (χ2n) is 1.40. The van der Waals surface area contributed by atoms with Crippen LogP contribution in [0.1, 0.15) is 0 Å². The maximum atomic E-state index is 4.86. The maximum absolute atomic E-state index is 4.86. The van der Waals surface area contributed by atoms with Crippen LogP contribution in [0.5, 0.6) is 0 Å². The zero-order chi connectivity index (χ0) is 5.82. The quantitative estimate of drug-likeness (QED) is 0.492. The van der Waals surface area contributed by atoms with Crippen molar-refractivity contribution in [2.75, 3.05) is 6.54 Å². The predicted octanol–water partition coefficient (Wildman–Crippen LogP) is 1.15. The number of rotatable bonds is 0. The Kier molecular flexibility index (Phi) is 2.00. The van der Waals surface area contributed by atoms with Gasteiger partial charge in [0.05, 0.1) is 6.54 Å². The second kappa shape index (κ2) is 2.79. The minimum absolute atomic E-state index is 0.718. The molecule has 3 heteroatoms. The summed E-state index contributed by atoms with van der Waals surface area (Å²) in [6.45, 7) is 0.718. The highest BCUT2D eigenvalue weighted by Crippen LogP contribution is 1.98. The van der Waals surface area contributed by atoms with Gasteiger partial charge in [0.15, 0.2) is 0 Å². The standard InChI is InChI=1S/C5H7NOS/c8-6-4-2-1-3-5-7-6/h1-3,5,8H,4H2. The molecule has 1 heterocycles. The number of nitrogens with zero attached hydrogens (tertiary/aromatic N) is 1. The molecule has 0 aromatic carbocycles. The Morgan fingerprint density at radius 3 is 3.25 bits per heavy atom. The van der Waals surface area contributed by atoms with Crippen LogP contribution in [0.3, 0.4) is 0 Å². The average Bonchev–Trinajstić information content (AvgIpc) is 1.94. The maximum Gasteiger partial charge on any atom is 0.112 e. The first-order valence-electron chi connectivity index (χ1n) is 2.34. The molecule has 0 aromatic heterocycles. The molecule has 0 saturated heterocycles. The van der Waals surface area contributed by atoms with Crippen molar-refractivity contribution in [2.45, 2.75) is 0 Å². The van der Waals surface area contributed by atoms with Crippen molar-refractivity contribution in [1.29, 1.82) is 0 Å². The van der Waals surface area contributed by atoms with E-state index in [1.165, 1.54) is 4.47 Å². The third-order valence-electron chi connectivity index (χ3n) is 0.770. The molecule has 0 fully saturated rings. The first-order chi connectivity index (χ1) is 3.89. The van der Waals surface area contributed by atoms with Crippen molar-refractivity contribution in [3.63, 3.8) is 0 Å². The second-order valence-corrected chi connectivity index (χ2v) is 1.84. The van der Waals surface area contributed by atoms with Gasteiger partial charge in [-0.05, 0) is 6.08 Å². The van der Waals surface area contributed by atoms with Gasteiger partial charge in [-0.3, -0.25) is 0 Å². The van der Waals surface area contributed by atoms with Crippen LogP contribution in [0, 0.1) is 0 Å². The van der Waals surface area contributed by atoms with Gasteiger partial charge in [0.2, 0.25) is 0 Å². The molecule has 0 amide bonds. The summed E-state index contributed by atoms with van der Waals surface area (Å²) in [5.41, 5.74) is 0. The van der Waals surface area contributed by atoms with Gasteiger partial charge in [-0.25, -0.2) is 0 Å². The van der Waals surface area contributed by atoms with Gasteiger partial charge in [-0.1, -0.05) is 29.4 Å². The number of allylic oxidation sites excluding steroid dienone is 2. The Morgan fingerprint density at radius 2 is 2.38 bits per heavy atom. The normalized spacial score (nSPS) is 20.1. The van der Waals surface area contributed by atoms with Gasteiger partial charge < -0.3 is 4.84 Å². The summed E-state index contributed by atoms with van der Waals surface area (Å²) in [7, 11) is 0. The van der Waals surface area contributed by atoms with Crippen LogP contribution in [0.25, 0.3) is 0 Å². The molecule has 2 nitrogen and oxygen atoms in total. The third kappa shape index (κ3) is 1.60. The van der Waals surface area contributed by atoms with Crippen LogP contribution in [0.15, 0.2) is 24.5 Å². The van der Waals surface area contributed by atoms with Gasteiger partial charge in [0, 0.05) is 0 Å². The molecule has 0 aliphatic carbocycles. The van der Waals surface area contributed by atoms with E-state index in [1.54, 1.807) is 6.26 Å². The fourth-order valence-electron chi connectivity index (χ4n) is 0.423. The first kappa shape index (κ1) is 5.72. The molecular formula is C5H7NOS. The Balaban J connectivity index is 2.45. The van der Waals surface area contributed by atoms with Crippen molar-refractivity contribution >= 4 is 12.8 Å². The topological polar surface area (TPSA) is 12.5 Å². The summed E-state index contributed by atoms with van der Waals surface area (Å²) in [5, 5.41) is 0. The van der Waals surface area contributed by atoms with Crippen molar-refractivity contribution in [3.8, 4) is 0 Å². The van der Waals surface area contributed by atoms with Crippen molar-refractivity contribution < 1.29 is 4.84 Å². The van der Waals surface area contributed by atoms with Gasteiger partial charge in [0.1, 0.15) is 6.26 Å². The highest BCUT2D eigenvalue weighted by atomic mass is 32.1. The van der Waals surface area contributed by atoms with Crippen LogP contribution < -0.4 is 0 Å². The lowest BCUT2D eigenvalue weighted by atomic mass is 10.5. The molecule has 8 heavy (non-hydrogen) atoms. The molecule has 0 N–H and O–H groups in total. The molecule has 44 valence electrons. The van der Waals surface area contributed by atoms with Crippen LogP contribution in [0.4, 0.5) is 0 Å². The zero-order valence-electron chi connectivity index (χ0n) is 4.32. The van der Waals surface area contributed by atoms with E-state index in [1.807, 2.05) is 18.2 Å². The molecule has 1 rings (SSSR count). The molecular weight excluding hydrogens is 122 g/mol. The van der Waals surface area contributed by atoms with Gasteiger partial charge in [-0.2, -0.15) is 0 Å². The summed E-state index contributed by atoms with van der Waals surface area (Å²) in [6, 6.07) is 0. The van der Waals surface area contributed by atoms with Crippen molar-refractivity contribution in [2.24, 2.45) is 0 Å². The smallest absolute Gasteiger partial charge is 0.112 e. The summed E-state index contributed by atoms with van der Waals surface area (Å²) in [6.07, 6.45) is 7.26. The minimum Gasteiger partial charge on any atom is -0.403 e. The van der Waals surface area contributed by atoms with Gasteiger partial charge in [0.25, 0.3) is 0 Å². The van der Waals surface area contributed by atoms with E-state index in [-0.39, 0.29) is 0 Å². The van der Waals surface area contributed by atoms with E-state index in [9.17, 15) is 0 Å². The first-order valence-corrected chi connectivity index (χ1v) is 2.74. The van der Waals surface area contributed by atoms with E-state index in [4.69, 9.17) is 4.84 Å². The third-order valence-corrected chi connectivity index (χ3v) is 1.03. The highest BCUT2D eigenvalue weighted by molar-refractivity contribution is 7.77. The number of hydrogen-bond donors (Lipinski definition) is 1. The van der Waals surface area contributed by atoms with Gasteiger partial charge >= 0.3 is 0 Å². The van der Waals surface area contributed by atoms with Gasteiger partial charge in [-0.15, -0.1) is 0 Å². The Bertz CT molecular complexity index is 108. The fourth-order valence-corrected chi connectivity index (χ4v) is 0.572. The summed E-state index contributed by atoms with van der Waals surface area (Å²) in [5.74, 6) is 0. The highest BCUT2D eigenvalue weighted by Gasteiger charge is 1.92. The minimum atomic E-state index is 0.718. The van der Waals surface area contributed by atoms with E-state index in [2.05, 4.69) is 12.8 Å². The Morgan fingerprint density at radius 1 is 1.50 bits per heavy atom. The number of hydrogen-bond acceptors (Lipinski definition) is 3. The molecule has 0 saturated carbocycles. The summed E-state index contributed by atoms with van der Waals surface area (Å²) in [4.78, 5) is 4.86. The largest absolute Gasteiger partial charge is 0.403 e. The lowest BCUT2D eigenvalue weighted by molar-refractivity contribution is 0.0119. The van der Waals surface area contributed by atoms with E-state index in [0.717, 1.165) is 6.54 Å². The Labute approximate surface area is 53.9 Å². The predicted molar refractivity (Wildman–Crippen MR) is 35.1 cm³/mol. The zero-order valence-corrected chi connectivity index (χ0v) is 5.21. The SMILES string of the molecule is SN1CC=CC=CO1. The van der Waals surface area contributed by atoms with Crippen molar-refractivity contribution in [3.05, 3.63) is 24.5 Å². The molecule has 0 aromatic rings. The van der Waals surface area contributed by atoms with E-state index < -0.39 is 0 Å². The van der Waals surface area contributed by atoms with Crippen molar-refractivity contribution in [1.82, 2.24) is 4.47 Å². The van der Waals surface area contributed by atoms with E-state index in [0.29, 0.717) is 0 Å². The average molecular weight is 129 g/mol. The lowest BCUT2D eigenvalue weighted by Crippen LogP contribution is -2.07. The molecule has 0 unspecified atom stereocenters. The monoisotopic (exact) mass is 129 g/mol. The molecule has 0 radical (unpaired) electrons. The molecule has 1 aliphatic heterocycles. The summed E-state index contributed by atoms with van der Waals surface area (Å²) >= 11 is 3.94. The van der Waals surface area contributed by atoms with E-state index >= 15 is 0 Å². The fraction of sp³-hybridized carbons (Fsp3) is 0.200. The molecule has 0 bridgehead atoms.